The number of nitrogens with zero attached hydrogens (tertiary/aromatic N) is 2. The standard InChI is InChI=1S/C28H32N4O4/c1-20(35-19-21-11-7-5-8-12-21)25(30-27(34)36-28(2,3)4)26(33)29-22-15-17-24(18-16-22)32-31-23-13-9-6-10-14-23/h5-18,20,25H,19H2,1-4H3,(H,29,33)(H,30,34)/t20-,25+/m1/s1. The van der Waals surface area contributed by atoms with Gasteiger partial charge in [-0.2, -0.15) is 10.2 Å². The number of hydrogen-bond donors (Lipinski definition) is 2. The molecule has 0 unspecified atom stereocenters. The molecule has 0 bridgehead atoms. The number of benzene rings is 3. The molecule has 188 valence electrons. The van der Waals surface area contributed by atoms with Crippen molar-refractivity contribution in [1.82, 2.24) is 5.32 Å². The molecule has 0 fully saturated rings. The second kappa shape index (κ2) is 12.6. The monoisotopic (exact) mass is 488 g/mol. The fourth-order valence-corrected chi connectivity index (χ4v) is 3.17. The van der Waals surface area contributed by atoms with Crippen LogP contribution in [-0.4, -0.2) is 29.7 Å². The molecule has 2 N–H and O–H groups in total. The SMILES string of the molecule is C[C@@H](OCc1ccccc1)[C@H](NC(=O)OC(C)(C)C)C(=O)Nc1ccc(N=Nc2ccccc2)cc1. The van der Waals surface area contributed by atoms with Crippen LogP contribution in [0.15, 0.2) is 95.2 Å². The summed E-state index contributed by atoms with van der Waals surface area (Å²) in [5, 5.41) is 13.9. The van der Waals surface area contributed by atoms with Crippen molar-refractivity contribution in [2.24, 2.45) is 10.2 Å². The van der Waals surface area contributed by atoms with Crippen molar-refractivity contribution in [3.05, 3.63) is 90.5 Å². The van der Waals surface area contributed by atoms with Crippen LogP contribution in [-0.2, 0) is 20.9 Å². The van der Waals surface area contributed by atoms with Gasteiger partial charge >= 0.3 is 6.09 Å². The smallest absolute Gasteiger partial charge is 0.408 e. The van der Waals surface area contributed by atoms with E-state index in [0.717, 1.165) is 11.3 Å². The van der Waals surface area contributed by atoms with Crippen LogP contribution in [0.1, 0.15) is 33.3 Å². The molecular formula is C28H32N4O4. The maximum Gasteiger partial charge on any atom is 0.408 e. The van der Waals surface area contributed by atoms with Crippen molar-refractivity contribution in [2.75, 3.05) is 5.32 Å². The van der Waals surface area contributed by atoms with Crippen LogP contribution in [0.5, 0.6) is 0 Å². The molecular weight excluding hydrogens is 456 g/mol. The lowest BCUT2D eigenvalue weighted by Crippen LogP contribution is -2.52. The van der Waals surface area contributed by atoms with E-state index in [4.69, 9.17) is 9.47 Å². The maximum absolute atomic E-state index is 13.2. The Labute approximate surface area is 211 Å². The zero-order valence-electron chi connectivity index (χ0n) is 21.0. The molecule has 0 aromatic heterocycles. The van der Waals surface area contributed by atoms with Crippen LogP contribution in [0, 0.1) is 0 Å². The van der Waals surface area contributed by atoms with Crippen molar-refractivity contribution >= 4 is 29.1 Å². The van der Waals surface area contributed by atoms with E-state index in [-0.39, 0.29) is 0 Å². The second-order valence-electron chi connectivity index (χ2n) is 9.20. The van der Waals surface area contributed by atoms with Gasteiger partial charge in [0.15, 0.2) is 0 Å². The summed E-state index contributed by atoms with van der Waals surface area (Å²) < 4.78 is 11.3. The van der Waals surface area contributed by atoms with Gasteiger partial charge in [0.25, 0.3) is 0 Å². The fourth-order valence-electron chi connectivity index (χ4n) is 3.17. The minimum atomic E-state index is -0.985. The largest absolute Gasteiger partial charge is 0.444 e. The average Bonchev–Trinajstić information content (AvgIpc) is 2.85. The molecule has 8 heteroatoms. The normalized spacial score (nSPS) is 13.1. The van der Waals surface area contributed by atoms with Crippen LogP contribution in [0.2, 0.25) is 0 Å². The number of amides is 2. The lowest BCUT2D eigenvalue weighted by atomic mass is 10.1. The zero-order chi connectivity index (χ0) is 26.0. The molecule has 0 saturated heterocycles. The molecule has 3 aromatic carbocycles. The van der Waals surface area contributed by atoms with Crippen molar-refractivity contribution in [3.8, 4) is 0 Å². The lowest BCUT2D eigenvalue weighted by molar-refractivity contribution is -0.122. The Morgan fingerprint density at radius 2 is 1.39 bits per heavy atom. The highest BCUT2D eigenvalue weighted by atomic mass is 16.6. The lowest BCUT2D eigenvalue weighted by Gasteiger charge is -2.27. The summed E-state index contributed by atoms with van der Waals surface area (Å²) in [6.07, 6.45) is -1.33. The third kappa shape index (κ3) is 8.96. The molecule has 0 aliphatic heterocycles. The molecule has 0 spiro atoms. The van der Waals surface area contributed by atoms with Crippen LogP contribution in [0.4, 0.5) is 21.9 Å². The molecule has 36 heavy (non-hydrogen) atoms. The van der Waals surface area contributed by atoms with Gasteiger partial charge in [0, 0.05) is 5.69 Å². The quantitative estimate of drug-likeness (QED) is 0.334. The molecule has 3 rings (SSSR count). The number of nitrogens with one attached hydrogen (secondary N) is 2. The van der Waals surface area contributed by atoms with Crippen LogP contribution >= 0.6 is 0 Å². The Morgan fingerprint density at radius 1 is 0.833 bits per heavy atom. The van der Waals surface area contributed by atoms with Gasteiger partial charge in [0.2, 0.25) is 5.91 Å². The molecule has 0 aliphatic rings. The van der Waals surface area contributed by atoms with Gasteiger partial charge in [-0.25, -0.2) is 4.79 Å². The number of anilines is 1. The first-order valence-corrected chi connectivity index (χ1v) is 11.7. The van der Waals surface area contributed by atoms with E-state index in [9.17, 15) is 9.59 Å². The van der Waals surface area contributed by atoms with Gasteiger partial charge < -0.3 is 20.1 Å². The van der Waals surface area contributed by atoms with Gasteiger partial charge in [0.05, 0.1) is 24.1 Å². The molecule has 0 radical (unpaired) electrons. The van der Waals surface area contributed by atoms with Crippen molar-refractivity contribution in [3.63, 3.8) is 0 Å². The van der Waals surface area contributed by atoms with E-state index < -0.39 is 29.7 Å². The average molecular weight is 489 g/mol. The second-order valence-corrected chi connectivity index (χ2v) is 9.20. The van der Waals surface area contributed by atoms with Crippen LogP contribution in [0.25, 0.3) is 0 Å². The van der Waals surface area contributed by atoms with E-state index >= 15 is 0 Å². The minimum Gasteiger partial charge on any atom is -0.444 e. The minimum absolute atomic E-state index is 0.295. The predicted octanol–water partition coefficient (Wildman–Crippen LogP) is 6.54. The number of carbonyl (C=O) groups is 2. The van der Waals surface area contributed by atoms with Gasteiger partial charge in [-0.05, 0) is 69.7 Å². The third-order valence-electron chi connectivity index (χ3n) is 4.95. The highest BCUT2D eigenvalue weighted by Crippen LogP contribution is 2.20. The van der Waals surface area contributed by atoms with Gasteiger partial charge in [-0.3, -0.25) is 4.79 Å². The molecule has 3 aromatic rings. The molecule has 0 aliphatic carbocycles. The predicted molar refractivity (Wildman–Crippen MR) is 140 cm³/mol. The number of carbonyl (C=O) groups excluding carboxylic acids is 2. The summed E-state index contributed by atoms with van der Waals surface area (Å²) >= 11 is 0. The number of rotatable bonds is 9. The highest BCUT2D eigenvalue weighted by molar-refractivity contribution is 5.97. The summed E-state index contributed by atoms with van der Waals surface area (Å²) in [7, 11) is 0. The van der Waals surface area contributed by atoms with Crippen molar-refractivity contribution < 1.29 is 19.1 Å². The first-order chi connectivity index (χ1) is 17.2. The van der Waals surface area contributed by atoms with Crippen molar-refractivity contribution in [2.45, 2.75) is 52.0 Å². The molecule has 2 atom stereocenters. The van der Waals surface area contributed by atoms with Gasteiger partial charge in [-0.15, -0.1) is 0 Å². The Morgan fingerprint density at radius 3 is 1.97 bits per heavy atom. The number of hydrogen-bond acceptors (Lipinski definition) is 6. The van der Waals surface area contributed by atoms with Crippen LogP contribution < -0.4 is 10.6 Å². The highest BCUT2D eigenvalue weighted by Gasteiger charge is 2.30. The zero-order valence-corrected chi connectivity index (χ0v) is 21.0. The number of azo groups is 1. The Balaban J connectivity index is 1.66. The number of alkyl carbamates (subject to hydrolysis) is 1. The Hall–Kier alpha value is -4.04. The summed E-state index contributed by atoms with van der Waals surface area (Å²) in [6.45, 7) is 7.30. The fraction of sp³-hybridized carbons (Fsp3) is 0.286. The van der Waals surface area contributed by atoms with E-state index in [1.54, 1.807) is 52.0 Å². The van der Waals surface area contributed by atoms with E-state index in [0.29, 0.717) is 18.0 Å². The summed E-state index contributed by atoms with van der Waals surface area (Å²) in [5.74, 6) is -0.430. The van der Waals surface area contributed by atoms with E-state index in [1.165, 1.54) is 0 Å². The topological polar surface area (TPSA) is 101 Å². The maximum atomic E-state index is 13.2. The Bertz CT molecular complexity index is 1140. The number of ether oxygens (including phenoxy) is 2. The third-order valence-corrected chi connectivity index (χ3v) is 4.95. The first kappa shape index (κ1) is 26.6. The van der Waals surface area contributed by atoms with Crippen molar-refractivity contribution in [1.29, 1.82) is 0 Å². The molecule has 2 amide bonds. The van der Waals surface area contributed by atoms with Gasteiger partial charge in [0.1, 0.15) is 11.6 Å². The van der Waals surface area contributed by atoms with Crippen LogP contribution in [0.3, 0.4) is 0 Å². The Kier molecular flexibility index (Phi) is 9.30. The molecule has 0 heterocycles. The first-order valence-electron chi connectivity index (χ1n) is 11.7. The summed E-state index contributed by atoms with van der Waals surface area (Å²) in [4.78, 5) is 25.6. The molecule has 0 saturated carbocycles. The van der Waals surface area contributed by atoms with E-state index in [1.807, 2.05) is 60.7 Å². The van der Waals surface area contributed by atoms with E-state index in [2.05, 4.69) is 20.9 Å². The summed E-state index contributed by atoms with van der Waals surface area (Å²) in [6, 6.07) is 24.9. The molecule has 8 nitrogen and oxygen atoms in total. The van der Waals surface area contributed by atoms with Gasteiger partial charge in [-0.1, -0.05) is 48.5 Å². The summed E-state index contributed by atoms with van der Waals surface area (Å²) in [5.41, 5.74) is 2.19.